The zero-order chi connectivity index (χ0) is 19.1. The Morgan fingerprint density at radius 3 is 1.92 bits per heavy atom. The van der Waals surface area contributed by atoms with Crippen LogP contribution in [0, 0.1) is 12.3 Å². The lowest BCUT2D eigenvalue weighted by Gasteiger charge is -2.48. The number of carbonyl (C=O) groups excluding carboxylic acids is 1. The van der Waals surface area contributed by atoms with E-state index < -0.39 is 7.20 Å². The first kappa shape index (κ1) is 23.0. The van der Waals surface area contributed by atoms with Crippen LogP contribution in [0.25, 0.3) is 0 Å². The van der Waals surface area contributed by atoms with Crippen molar-refractivity contribution in [2.24, 2.45) is 5.41 Å². The van der Waals surface area contributed by atoms with Crippen LogP contribution in [0.3, 0.4) is 0 Å². The summed E-state index contributed by atoms with van der Waals surface area (Å²) in [5.74, 6) is 2.81. The SMILES string of the molecule is CCCCS(I)(CCCC)C(C(=O)c1ccc(C)cc1)C(C)(C)CC. The average Bonchev–Trinajstić information content (AvgIpc) is 2.58. The smallest absolute Gasteiger partial charge is 0.175 e. The molecule has 25 heavy (non-hydrogen) atoms. The van der Waals surface area contributed by atoms with E-state index in [4.69, 9.17) is 0 Å². The van der Waals surface area contributed by atoms with Crippen LogP contribution in [-0.2, 0) is 0 Å². The highest BCUT2D eigenvalue weighted by Crippen LogP contribution is 2.66. The van der Waals surface area contributed by atoms with Crippen molar-refractivity contribution in [3.05, 3.63) is 35.4 Å². The van der Waals surface area contributed by atoms with Crippen LogP contribution in [0.5, 0.6) is 0 Å². The molecule has 0 saturated carbocycles. The second-order valence-corrected chi connectivity index (χ2v) is 16.2. The van der Waals surface area contributed by atoms with Gasteiger partial charge in [-0.1, -0.05) is 77.3 Å². The molecule has 0 spiro atoms. The molecule has 0 radical (unpaired) electrons. The summed E-state index contributed by atoms with van der Waals surface area (Å²) in [4.78, 5) is 13.7. The molecule has 1 nitrogen and oxygen atoms in total. The molecule has 0 amide bonds. The number of benzene rings is 1. The van der Waals surface area contributed by atoms with Gasteiger partial charge in [0.1, 0.15) is 0 Å². The van der Waals surface area contributed by atoms with Crippen molar-refractivity contribution < 1.29 is 4.79 Å². The van der Waals surface area contributed by atoms with Gasteiger partial charge in [0.05, 0.1) is 5.25 Å². The third-order valence-electron chi connectivity index (χ3n) is 5.29. The number of hydrogen-bond acceptors (Lipinski definition) is 1. The highest BCUT2D eigenvalue weighted by atomic mass is 127. The highest BCUT2D eigenvalue weighted by molar-refractivity contribution is 14.2. The number of Topliss-reactive ketones (excluding diaryl/α,β-unsaturated/α-hetero) is 1. The first-order chi connectivity index (χ1) is 11.7. The van der Waals surface area contributed by atoms with Crippen molar-refractivity contribution in [2.45, 2.75) is 78.9 Å². The molecule has 1 unspecified atom stereocenters. The van der Waals surface area contributed by atoms with E-state index in [2.05, 4.69) is 74.9 Å². The molecule has 0 aliphatic heterocycles. The minimum Gasteiger partial charge on any atom is -0.293 e. The highest BCUT2D eigenvalue weighted by Gasteiger charge is 2.44. The van der Waals surface area contributed by atoms with Gasteiger partial charge in [0.2, 0.25) is 0 Å². The normalized spacial score (nSPS) is 14.4. The van der Waals surface area contributed by atoms with Crippen molar-refractivity contribution in [3.63, 3.8) is 0 Å². The van der Waals surface area contributed by atoms with Crippen LogP contribution in [0.2, 0.25) is 0 Å². The first-order valence-electron chi connectivity index (χ1n) is 9.80. The standard InChI is InChI=1S/C22H37IOS/c1-7-10-16-25(23,17-11-8-2)21(22(5,6)9-3)20(24)19-14-12-18(4)13-15-19/h12-15,21H,7-11,16-17H2,1-6H3. The molecular formula is C22H37IOS. The quantitative estimate of drug-likeness (QED) is 0.236. The van der Waals surface area contributed by atoms with Crippen molar-refractivity contribution in [1.29, 1.82) is 0 Å². The molecule has 0 saturated heterocycles. The maximum Gasteiger partial charge on any atom is 0.175 e. The Balaban J connectivity index is 3.32. The molecular weight excluding hydrogens is 439 g/mol. The summed E-state index contributed by atoms with van der Waals surface area (Å²) in [6.07, 6.45) is 5.94. The summed E-state index contributed by atoms with van der Waals surface area (Å²) in [5, 5.41) is 0.145. The monoisotopic (exact) mass is 476 g/mol. The van der Waals surface area contributed by atoms with Crippen molar-refractivity contribution in [1.82, 2.24) is 0 Å². The van der Waals surface area contributed by atoms with Gasteiger partial charge in [0, 0.05) is 5.56 Å². The van der Waals surface area contributed by atoms with E-state index in [0.29, 0.717) is 5.78 Å². The number of ketones is 1. The van der Waals surface area contributed by atoms with Crippen LogP contribution in [0.15, 0.2) is 24.3 Å². The summed E-state index contributed by atoms with van der Waals surface area (Å²) in [5.41, 5.74) is 2.16. The maximum atomic E-state index is 13.7. The average molecular weight is 477 g/mol. The van der Waals surface area contributed by atoms with Crippen molar-refractivity contribution >= 4 is 34.2 Å². The van der Waals surface area contributed by atoms with Gasteiger partial charge in [0.25, 0.3) is 0 Å². The van der Waals surface area contributed by atoms with Gasteiger partial charge in [-0.25, -0.2) is 0 Å². The molecule has 0 aliphatic rings. The van der Waals surface area contributed by atoms with E-state index in [-0.39, 0.29) is 10.7 Å². The van der Waals surface area contributed by atoms with Gasteiger partial charge in [0.15, 0.2) is 5.78 Å². The number of aryl methyl sites for hydroxylation is 1. The molecule has 0 aromatic heterocycles. The van der Waals surface area contributed by atoms with Crippen LogP contribution < -0.4 is 0 Å². The fourth-order valence-corrected chi connectivity index (χ4v) is 11.9. The molecule has 1 rings (SSSR count). The molecule has 1 aromatic carbocycles. The minimum atomic E-state index is -1.01. The zero-order valence-corrected chi connectivity index (χ0v) is 20.0. The second kappa shape index (κ2) is 10.3. The van der Waals surface area contributed by atoms with Crippen LogP contribution >= 0.6 is 28.4 Å². The van der Waals surface area contributed by atoms with E-state index in [9.17, 15) is 4.79 Å². The van der Waals surface area contributed by atoms with E-state index in [1.54, 1.807) is 0 Å². The Hall–Kier alpha value is -0.0300. The third kappa shape index (κ3) is 6.27. The Labute approximate surface area is 169 Å². The van der Waals surface area contributed by atoms with Crippen molar-refractivity contribution in [3.8, 4) is 0 Å². The van der Waals surface area contributed by atoms with Crippen LogP contribution in [0.1, 0.15) is 82.6 Å². The summed E-state index contributed by atoms with van der Waals surface area (Å²) < 4.78 is 0. The predicted octanol–water partition coefficient (Wildman–Crippen LogP) is 7.74. The number of rotatable bonds is 11. The minimum absolute atomic E-state index is 0.0416. The largest absolute Gasteiger partial charge is 0.293 e. The first-order valence-corrected chi connectivity index (χ1v) is 14.4. The molecule has 0 N–H and O–H groups in total. The van der Waals surface area contributed by atoms with Crippen LogP contribution in [0.4, 0.5) is 0 Å². The van der Waals surface area contributed by atoms with Gasteiger partial charge in [-0.15, -0.1) is 0 Å². The third-order valence-corrected chi connectivity index (χ3v) is 13.1. The van der Waals surface area contributed by atoms with Gasteiger partial charge in [-0.3, -0.25) is 4.79 Å². The summed E-state index contributed by atoms with van der Waals surface area (Å²) in [7, 11) is -1.01. The fraction of sp³-hybridized carbons (Fsp3) is 0.682. The van der Waals surface area contributed by atoms with Gasteiger partial charge >= 0.3 is 0 Å². The lowest BCUT2D eigenvalue weighted by Crippen LogP contribution is -2.40. The number of carbonyl (C=O) groups is 1. The van der Waals surface area contributed by atoms with Crippen LogP contribution in [-0.4, -0.2) is 22.5 Å². The molecule has 0 heterocycles. The van der Waals surface area contributed by atoms with E-state index in [0.717, 1.165) is 12.0 Å². The second-order valence-electron chi connectivity index (χ2n) is 7.91. The number of unbranched alkanes of at least 4 members (excludes halogenated alkanes) is 2. The molecule has 1 aromatic rings. The fourth-order valence-electron chi connectivity index (χ4n) is 3.28. The van der Waals surface area contributed by atoms with Gasteiger partial charge in [-0.2, -0.15) is 7.20 Å². The van der Waals surface area contributed by atoms with E-state index in [1.807, 2.05) is 12.1 Å². The summed E-state index contributed by atoms with van der Waals surface area (Å²) in [6, 6.07) is 8.22. The van der Waals surface area contributed by atoms with E-state index >= 15 is 0 Å². The Bertz CT molecular complexity index is 527. The Kier molecular flexibility index (Phi) is 9.52. The topological polar surface area (TPSA) is 17.1 Å². The molecule has 0 fully saturated rings. The molecule has 0 aliphatic carbocycles. The lowest BCUT2D eigenvalue weighted by molar-refractivity contribution is 0.0939. The zero-order valence-electron chi connectivity index (χ0n) is 17.0. The van der Waals surface area contributed by atoms with Gasteiger partial charge in [-0.05, 0) is 64.3 Å². The summed E-state index contributed by atoms with van der Waals surface area (Å²) in [6.45, 7) is 13.5. The molecule has 3 heteroatoms. The van der Waals surface area contributed by atoms with Gasteiger partial charge < -0.3 is 0 Å². The van der Waals surface area contributed by atoms with E-state index in [1.165, 1.54) is 42.8 Å². The molecule has 1 atom stereocenters. The lowest BCUT2D eigenvalue weighted by atomic mass is 9.82. The van der Waals surface area contributed by atoms with Crippen molar-refractivity contribution in [2.75, 3.05) is 11.5 Å². The number of halogens is 1. The number of hydrogen-bond donors (Lipinski definition) is 0. The Morgan fingerprint density at radius 2 is 1.52 bits per heavy atom. The summed E-state index contributed by atoms with van der Waals surface area (Å²) >= 11 is 2.74. The molecule has 144 valence electrons. The predicted molar refractivity (Wildman–Crippen MR) is 125 cm³/mol. The maximum absolute atomic E-state index is 13.7. The Morgan fingerprint density at radius 1 is 1.04 bits per heavy atom. The molecule has 0 bridgehead atoms.